The van der Waals surface area contributed by atoms with Gasteiger partial charge in [-0.1, -0.05) is 26.2 Å². The maximum atomic E-state index is 11.5. The first-order valence-electron chi connectivity index (χ1n) is 7.29. The van der Waals surface area contributed by atoms with Crippen molar-refractivity contribution < 1.29 is 0 Å². The molecule has 1 unspecified atom stereocenters. The van der Waals surface area contributed by atoms with E-state index >= 15 is 0 Å². The van der Waals surface area contributed by atoms with E-state index in [2.05, 4.69) is 15.3 Å². The summed E-state index contributed by atoms with van der Waals surface area (Å²) in [7, 11) is 0. The highest BCUT2D eigenvalue weighted by atomic mass is 16.1. The number of nitrogens with zero attached hydrogens (tertiary/aromatic N) is 1. The lowest BCUT2D eigenvalue weighted by Crippen LogP contribution is -2.38. The second kappa shape index (κ2) is 6.70. The highest BCUT2D eigenvalue weighted by Crippen LogP contribution is 2.27. The van der Waals surface area contributed by atoms with Gasteiger partial charge in [0.1, 0.15) is 11.6 Å². The average molecular weight is 264 g/mol. The first-order chi connectivity index (χ1) is 9.22. The SMILES string of the molecule is CCc1nc(NC(CN)C2CCCCC2)cc(=O)[nH]1. The summed E-state index contributed by atoms with van der Waals surface area (Å²) in [5, 5.41) is 3.36. The molecule has 1 aliphatic carbocycles. The van der Waals surface area contributed by atoms with Crippen LogP contribution in [0.4, 0.5) is 5.82 Å². The number of aryl methyl sites for hydroxylation is 1. The molecule has 1 aromatic rings. The minimum atomic E-state index is -0.103. The Morgan fingerprint density at radius 3 is 2.84 bits per heavy atom. The highest BCUT2D eigenvalue weighted by molar-refractivity contribution is 5.34. The Morgan fingerprint density at radius 1 is 1.47 bits per heavy atom. The van der Waals surface area contributed by atoms with Crippen molar-refractivity contribution in [3.63, 3.8) is 0 Å². The molecule has 5 heteroatoms. The number of aromatic nitrogens is 2. The summed E-state index contributed by atoms with van der Waals surface area (Å²) in [6.07, 6.45) is 7.06. The van der Waals surface area contributed by atoms with Gasteiger partial charge in [0.2, 0.25) is 0 Å². The van der Waals surface area contributed by atoms with Gasteiger partial charge in [-0.05, 0) is 18.8 Å². The maximum Gasteiger partial charge on any atom is 0.252 e. The topological polar surface area (TPSA) is 83.8 Å². The van der Waals surface area contributed by atoms with Crippen LogP contribution in [-0.4, -0.2) is 22.6 Å². The fraction of sp³-hybridized carbons (Fsp3) is 0.714. The fourth-order valence-electron chi connectivity index (χ4n) is 2.85. The van der Waals surface area contributed by atoms with Crippen molar-refractivity contribution in [1.82, 2.24) is 9.97 Å². The molecule has 0 aromatic carbocycles. The number of nitrogens with two attached hydrogens (primary N) is 1. The molecule has 1 aromatic heterocycles. The molecule has 1 atom stereocenters. The minimum Gasteiger partial charge on any atom is -0.366 e. The summed E-state index contributed by atoms with van der Waals surface area (Å²) in [5.41, 5.74) is 5.78. The molecule has 0 saturated heterocycles. The third-order valence-electron chi connectivity index (χ3n) is 3.93. The minimum absolute atomic E-state index is 0.103. The van der Waals surface area contributed by atoms with Crippen molar-refractivity contribution in [2.45, 2.75) is 51.5 Å². The summed E-state index contributed by atoms with van der Waals surface area (Å²) < 4.78 is 0. The average Bonchev–Trinajstić information content (AvgIpc) is 2.45. The molecule has 1 heterocycles. The Balaban J connectivity index is 2.08. The first kappa shape index (κ1) is 14.1. The van der Waals surface area contributed by atoms with Crippen LogP contribution in [0.2, 0.25) is 0 Å². The Hall–Kier alpha value is -1.36. The van der Waals surface area contributed by atoms with Gasteiger partial charge in [0.15, 0.2) is 0 Å². The van der Waals surface area contributed by atoms with Gasteiger partial charge in [0.25, 0.3) is 5.56 Å². The van der Waals surface area contributed by atoms with E-state index in [-0.39, 0.29) is 11.6 Å². The summed E-state index contributed by atoms with van der Waals surface area (Å²) in [6.45, 7) is 2.56. The van der Waals surface area contributed by atoms with Crippen molar-refractivity contribution in [3.05, 3.63) is 22.2 Å². The molecule has 4 N–H and O–H groups in total. The van der Waals surface area contributed by atoms with E-state index in [4.69, 9.17) is 5.73 Å². The fourth-order valence-corrected chi connectivity index (χ4v) is 2.85. The van der Waals surface area contributed by atoms with Gasteiger partial charge >= 0.3 is 0 Å². The summed E-state index contributed by atoms with van der Waals surface area (Å²) in [4.78, 5) is 18.7. The molecule has 0 aliphatic heterocycles. The molecule has 1 aliphatic rings. The molecule has 106 valence electrons. The Bertz CT molecular complexity index is 451. The number of rotatable bonds is 5. The molecule has 5 nitrogen and oxygen atoms in total. The molecule has 0 amide bonds. The monoisotopic (exact) mass is 264 g/mol. The maximum absolute atomic E-state index is 11.5. The normalized spacial score (nSPS) is 18.2. The van der Waals surface area contributed by atoms with E-state index in [0.717, 1.165) is 12.2 Å². The zero-order valence-corrected chi connectivity index (χ0v) is 11.6. The third-order valence-corrected chi connectivity index (χ3v) is 3.93. The molecular weight excluding hydrogens is 240 g/mol. The van der Waals surface area contributed by atoms with Crippen molar-refractivity contribution in [2.24, 2.45) is 11.7 Å². The number of hydrogen-bond acceptors (Lipinski definition) is 4. The van der Waals surface area contributed by atoms with Gasteiger partial charge in [-0.2, -0.15) is 0 Å². The predicted octanol–water partition coefficient (Wildman–Crippen LogP) is 1.65. The zero-order chi connectivity index (χ0) is 13.7. The molecule has 2 rings (SSSR count). The van der Waals surface area contributed by atoms with Gasteiger partial charge < -0.3 is 16.0 Å². The Kier molecular flexibility index (Phi) is 4.96. The lowest BCUT2D eigenvalue weighted by Gasteiger charge is -2.30. The van der Waals surface area contributed by atoms with Crippen LogP contribution in [0.5, 0.6) is 0 Å². The first-order valence-corrected chi connectivity index (χ1v) is 7.29. The summed E-state index contributed by atoms with van der Waals surface area (Å²) in [5.74, 6) is 1.97. The molecular formula is C14H24N4O. The number of hydrogen-bond donors (Lipinski definition) is 3. The lowest BCUT2D eigenvalue weighted by atomic mass is 9.84. The Morgan fingerprint density at radius 2 is 2.21 bits per heavy atom. The van der Waals surface area contributed by atoms with Crippen molar-refractivity contribution in [1.29, 1.82) is 0 Å². The second-order valence-corrected chi connectivity index (χ2v) is 5.32. The third kappa shape index (κ3) is 3.80. The van der Waals surface area contributed by atoms with E-state index in [1.165, 1.54) is 38.2 Å². The smallest absolute Gasteiger partial charge is 0.252 e. The molecule has 1 fully saturated rings. The number of anilines is 1. The van der Waals surface area contributed by atoms with E-state index in [1.54, 1.807) is 0 Å². The van der Waals surface area contributed by atoms with Gasteiger partial charge in [0, 0.05) is 25.1 Å². The van der Waals surface area contributed by atoms with Gasteiger partial charge in [-0.3, -0.25) is 4.79 Å². The zero-order valence-electron chi connectivity index (χ0n) is 11.6. The predicted molar refractivity (Wildman–Crippen MR) is 77.3 cm³/mol. The second-order valence-electron chi connectivity index (χ2n) is 5.32. The molecule has 0 radical (unpaired) electrons. The molecule has 0 spiro atoms. The number of H-pyrrole nitrogens is 1. The van der Waals surface area contributed by atoms with Crippen LogP contribution >= 0.6 is 0 Å². The van der Waals surface area contributed by atoms with Crippen LogP contribution in [-0.2, 0) is 6.42 Å². The lowest BCUT2D eigenvalue weighted by molar-refractivity contribution is 0.320. The molecule has 0 bridgehead atoms. The van der Waals surface area contributed by atoms with Crippen LogP contribution < -0.4 is 16.6 Å². The van der Waals surface area contributed by atoms with Crippen molar-refractivity contribution in [2.75, 3.05) is 11.9 Å². The van der Waals surface area contributed by atoms with E-state index in [0.29, 0.717) is 18.3 Å². The number of nitrogens with one attached hydrogen (secondary N) is 2. The quantitative estimate of drug-likeness (QED) is 0.755. The van der Waals surface area contributed by atoms with Crippen LogP contribution in [0.3, 0.4) is 0 Å². The van der Waals surface area contributed by atoms with Crippen LogP contribution in [0.25, 0.3) is 0 Å². The molecule has 19 heavy (non-hydrogen) atoms. The van der Waals surface area contributed by atoms with Crippen LogP contribution in [0.15, 0.2) is 10.9 Å². The summed E-state index contributed by atoms with van der Waals surface area (Å²) >= 11 is 0. The highest BCUT2D eigenvalue weighted by Gasteiger charge is 2.22. The van der Waals surface area contributed by atoms with Crippen LogP contribution in [0, 0.1) is 5.92 Å². The Labute approximate surface area is 114 Å². The number of aromatic amines is 1. The van der Waals surface area contributed by atoms with E-state index < -0.39 is 0 Å². The van der Waals surface area contributed by atoms with Gasteiger partial charge in [-0.15, -0.1) is 0 Å². The standard InChI is InChI=1S/C14H24N4O/c1-2-12-17-13(8-14(19)18-12)16-11(9-15)10-6-4-3-5-7-10/h8,10-11H,2-7,9,15H2,1H3,(H2,16,17,18,19). The van der Waals surface area contributed by atoms with E-state index in [9.17, 15) is 4.79 Å². The summed E-state index contributed by atoms with van der Waals surface area (Å²) in [6, 6.07) is 1.74. The van der Waals surface area contributed by atoms with Crippen molar-refractivity contribution in [3.8, 4) is 0 Å². The van der Waals surface area contributed by atoms with E-state index in [1.807, 2.05) is 6.92 Å². The van der Waals surface area contributed by atoms with Crippen LogP contribution in [0.1, 0.15) is 44.9 Å². The van der Waals surface area contributed by atoms with Crippen molar-refractivity contribution >= 4 is 5.82 Å². The van der Waals surface area contributed by atoms with Gasteiger partial charge in [0.05, 0.1) is 0 Å². The van der Waals surface area contributed by atoms with Gasteiger partial charge in [-0.25, -0.2) is 4.98 Å². The largest absolute Gasteiger partial charge is 0.366 e. The molecule has 1 saturated carbocycles.